The van der Waals surface area contributed by atoms with E-state index in [0.29, 0.717) is 0 Å². The van der Waals surface area contributed by atoms with Crippen LogP contribution in [-0.4, -0.2) is 5.54 Å². The smallest absolute Gasteiger partial charge is 0.138 e. The molecule has 0 amide bonds. The molecule has 50 valence electrons. The number of allylic oxidation sites excluding steroid dienone is 2. The summed E-state index contributed by atoms with van der Waals surface area (Å²) < 4.78 is 12.2. The van der Waals surface area contributed by atoms with Gasteiger partial charge in [0, 0.05) is 11.7 Å². The van der Waals surface area contributed by atoms with E-state index in [4.69, 9.17) is 0 Å². The molecule has 1 heterocycles. The summed E-state index contributed by atoms with van der Waals surface area (Å²) in [5, 5.41) is 2.88. The summed E-state index contributed by atoms with van der Waals surface area (Å²) >= 11 is 0. The van der Waals surface area contributed by atoms with Gasteiger partial charge in [-0.2, -0.15) is 0 Å². The van der Waals surface area contributed by atoms with Crippen molar-refractivity contribution in [2.75, 3.05) is 0 Å². The lowest BCUT2D eigenvalue weighted by Gasteiger charge is -2.23. The Hall–Kier alpha value is -0.790. The average Bonchev–Trinajstić information content (AvgIpc) is 1.78. The highest BCUT2D eigenvalue weighted by molar-refractivity contribution is 5.21. The van der Waals surface area contributed by atoms with Crippen LogP contribution < -0.4 is 5.32 Å². The van der Waals surface area contributed by atoms with Crippen LogP contribution in [0.1, 0.15) is 13.8 Å². The van der Waals surface area contributed by atoms with Crippen LogP contribution >= 0.6 is 0 Å². The minimum absolute atomic E-state index is 0.0877. The van der Waals surface area contributed by atoms with Crippen LogP contribution in [0.2, 0.25) is 0 Å². The molecule has 1 N–H and O–H groups in total. The molecule has 0 unspecified atom stereocenters. The zero-order chi connectivity index (χ0) is 6.91. The molecule has 2 heteroatoms. The Labute approximate surface area is 54.3 Å². The van der Waals surface area contributed by atoms with Crippen molar-refractivity contribution in [2.45, 2.75) is 19.4 Å². The standard InChI is InChI=1S/C7H10FN/c1-7(2)4-3-6(8)5-9-7/h3-5,9H,1-2H3. The van der Waals surface area contributed by atoms with E-state index in [-0.39, 0.29) is 11.4 Å². The van der Waals surface area contributed by atoms with Crippen molar-refractivity contribution in [3.8, 4) is 0 Å². The van der Waals surface area contributed by atoms with Crippen LogP contribution in [0.4, 0.5) is 4.39 Å². The molecule has 0 saturated carbocycles. The summed E-state index contributed by atoms with van der Waals surface area (Å²) in [6.07, 6.45) is 4.64. The van der Waals surface area contributed by atoms with Crippen LogP contribution in [0.25, 0.3) is 0 Å². The monoisotopic (exact) mass is 127 g/mol. The second kappa shape index (κ2) is 1.87. The minimum Gasteiger partial charge on any atom is -0.380 e. The molecule has 0 saturated heterocycles. The average molecular weight is 127 g/mol. The molecule has 0 fully saturated rings. The molecule has 0 radical (unpaired) electrons. The van der Waals surface area contributed by atoms with E-state index in [9.17, 15) is 4.39 Å². The summed E-state index contributed by atoms with van der Waals surface area (Å²) in [6, 6.07) is 0. The maximum atomic E-state index is 12.2. The third-order valence-electron chi connectivity index (χ3n) is 1.24. The predicted octanol–water partition coefficient (Wildman–Crippen LogP) is 1.74. The molecule has 0 aromatic carbocycles. The van der Waals surface area contributed by atoms with Gasteiger partial charge in [0.25, 0.3) is 0 Å². The topological polar surface area (TPSA) is 12.0 Å². The lowest BCUT2D eigenvalue weighted by Crippen LogP contribution is -2.34. The molecule has 0 atom stereocenters. The van der Waals surface area contributed by atoms with Crippen LogP contribution in [0.5, 0.6) is 0 Å². The molecule has 0 spiro atoms. The third-order valence-corrected chi connectivity index (χ3v) is 1.24. The van der Waals surface area contributed by atoms with Crippen molar-refractivity contribution in [1.82, 2.24) is 5.32 Å². The fraction of sp³-hybridized carbons (Fsp3) is 0.429. The van der Waals surface area contributed by atoms with E-state index in [1.165, 1.54) is 12.3 Å². The van der Waals surface area contributed by atoms with E-state index in [1.54, 1.807) is 6.08 Å². The summed E-state index contributed by atoms with van der Waals surface area (Å²) in [7, 11) is 0. The number of hydrogen-bond acceptors (Lipinski definition) is 1. The highest BCUT2D eigenvalue weighted by Gasteiger charge is 2.13. The van der Waals surface area contributed by atoms with Gasteiger partial charge in [-0.3, -0.25) is 0 Å². The zero-order valence-electron chi connectivity index (χ0n) is 5.61. The Kier molecular flexibility index (Phi) is 1.31. The maximum absolute atomic E-state index is 12.2. The number of hydrogen-bond donors (Lipinski definition) is 1. The quantitative estimate of drug-likeness (QED) is 0.522. The van der Waals surface area contributed by atoms with E-state index in [2.05, 4.69) is 5.32 Å². The summed E-state index contributed by atoms with van der Waals surface area (Å²) in [5.74, 6) is -0.214. The van der Waals surface area contributed by atoms with Crippen molar-refractivity contribution in [2.24, 2.45) is 0 Å². The van der Waals surface area contributed by atoms with Gasteiger partial charge in [0.2, 0.25) is 0 Å². The van der Waals surface area contributed by atoms with Crippen molar-refractivity contribution >= 4 is 0 Å². The number of nitrogens with one attached hydrogen (secondary N) is 1. The molecular formula is C7H10FN. The molecule has 0 aromatic rings. The Morgan fingerprint density at radius 1 is 1.56 bits per heavy atom. The van der Waals surface area contributed by atoms with E-state index in [0.717, 1.165) is 0 Å². The minimum atomic E-state index is -0.214. The Bertz CT molecular complexity index is 168. The van der Waals surface area contributed by atoms with E-state index in [1.807, 2.05) is 13.8 Å². The first-order chi connectivity index (χ1) is 4.10. The van der Waals surface area contributed by atoms with Crippen LogP contribution in [0, 0.1) is 0 Å². The van der Waals surface area contributed by atoms with Gasteiger partial charge in [0.1, 0.15) is 5.83 Å². The highest BCUT2D eigenvalue weighted by Crippen LogP contribution is 2.12. The number of dihydropyridines is 1. The molecule has 1 nitrogen and oxygen atoms in total. The molecule has 0 aliphatic carbocycles. The van der Waals surface area contributed by atoms with Gasteiger partial charge < -0.3 is 5.32 Å². The van der Waals surface area contributed by atoms with Crippen molar-refractivity contribution < 1.29 is 4.39 Å². The SMILES string of the molecule is CC1(C)C=CC(F)=CN1. The molecule has 0 aromatic heterocycles. The number of rotatable bonds is 0. The predicted molar refractivity (Wildman–Crippen MR) is 35.5 cm³/mol. The van der Waals surface area contributed by atoms with Gasteiger partial charge in [-0.1, -0.05) is 6.08 Å². The second-order valence-corrected chi connectivity index (χ2v) is 2.73. The molecule has 1 aliphatic rings. The van der Waals surface area contributed by atoms with Crippen molar-refractivity contribution in [3.63, 3.8) is 0 Å². The van der Waals surface area contributed by atoms with Gasteiger partial charge in [0.15, 0.2) is 0 Å². The summed E-state index contributed by atoms with van der Waals surface area (Å²) in [5.41, 5.74) is -0.0877. The first kappa shape index (κ1) is 6.33. The highest BCUT2D eigenvalue weighted by atomic mass is 19.1. The Morgan fingerprint density at radius 2 is 2.22 bits per heavy atom. The fourth-order valence-corrected chi connectivity index (χ4v) is 0.639. The van der Waals surface area contributed by atoms with Crippen molar-refractivity contribution in [3.05, 3.63) is 24.2 Å². The summed E-state index contributed by atoms with van der Waals surface area (Å²) in [4.78, 5) is 0. The first-order valence-electron chi connectivity index (χ1n) is 2.93. The van der Waals surface area contributed by atoms with Gasteiger partial charge in [-0.05, 0) is 19.9 Å². The maximum Gasteiger partial charge on any atom is 0.138 e. The Balaban J connectivity index is 2.70. The van der Waals surface area contributed by atoms with E-state index < -0.39 is 0 Å². The molecule has 9 heavy (non-hydrogen) atoms. The van der Waals surface area contributed by atoms with Crippen LogP contribution in [0.15, 0.2) is 24.2 Å². The zero-order valence-corrected chi connectivity index (χ0v) is 5.61. The number of halogens is 1. The lowest BCUT2D eigenvalue weighted by molar-refractivity contribution is 0.520. The molecular weight excluding hydrogens is 117 g/mol. The Morgan fingerprint density at radius 3 is 2.56 bits per heavy atom. The second-order valence-electron chi connectivity index (χ2n) is 2.73. The van der Waals surface area contributed by atoms with Crippen LogP contribution in [0.3, 0.4) is 0 Å². The van der Waals surface area contributed by atoms with Crippen LogP contribution in [-0.2, 0) is 0 Å². The van der Waals surface area contributed by atoms with Gasteiger partial charge in [-0.25, -0.2) is 4.39 Å². The fourth-order valence-electron chi connectivity index (χ4n) is 0.639. The molecule has 0 bridgehead atoms. The molecule has 1 rings (SSSR count). The lowest BCUT2D eigenvalue weighted by atomic mass is 10.0. The normalized spacial score (nSPS) is 22.8. The van der Waals surface area contributed by atoms with Gasteiger partial charge in [0.05, 0.1) is 0 Å². The largest absolute Gasteiger partial charge is 0.380 e. The van der Waals surface area contributed by atoms with Gasteiger partial charge in [-0.15, -0.1) is 0 Å². The first-order valence-corrected chi connectivity index (χ1v) is 2.93. The third kappa shape index (κ3) is 1.56. The van der Waals surface area contributed by atoms with Gasteiger partial charge >= 0.3 is 0 Å². The van der Waals surface area contributed by atoms with Crippen molar-refractivity contribution in [1.29, 1.82) is 0 Å². The molecule has 1 aliphatic heterocycles. The summed E-state index contributed by atoms with van der Waals surface area (Å²) in [6.45, 7) is 3.96. The van der Waals surface area contributed by atoms with E-state index >= 15 is 0 Å².